The van der Waals surface area contributed by atoms with Gasteiger partial charge in [0.05, 0.1) is 25.8 Å². The fraction of sp³-hybridized carbons (Fsp3) is 0.316. The maximum absolute atomic E-state index is 13.2. The summed E-state index contributed by atoms with van der Waals surface area (Å²) in [6.45, 7) is 3.59. The molecule has 126 valence electrons. The highest BCUT2D eigenvalue weighted by atomic mass is 19.1. The van der Waals surface area contributed by atoms with Crippen LogP contribution in [0.1, 0.15) is 17.2 Å². The highest BCUT2D eigenvalue weighted by Gasteiger charge is 2.22. The second-order valence-corrected chi connectivity index (χ2v) is 5.77. The van der Waals surface area contributed by atoms with Crippen LogP contribution in [0.5, 0.6) is 5.75 Å². The number of rotatable bonds is 5. The van der Waals surface area contributed by atoms with E-state index in [1.165, 1.54) is 12.1 Å². The minimum absolute atomic E-state index is 0.0663. The van der Waals surface area contributed by atoms with Crippen molar-refractivity contribution in [2.75, 3.05) is 32.8 Å². The van der Waals surface area contributed by atoms with Crippen LogP contribution in [-0.2, 0) is 4.74 Å². The van der Waals surface area contributed by atoms with Gasteiger partial charge in [-0.3, -0.25) is 9.89 Å². The van der Waals surface area contributed by atoms with Gasteiger partial charge in [0, 0.05) is 24.9 Å². The number of benzene rings is 2. The van der Waals surface area contributed by atoms with E-state index in [9.17, 15) is 9.50 Å². The lowest BCUT2D eigenvalue weighted by Crippen LogP contribution is -2.40. The number of phenolic OH excluding ortho intramolecular Hbond substituents is 1. The third-order valence-electron chi connectivity index (χ3n) is 4.19. The van der Waals surface area contributed by atoms with Crippen LogP contribution in [0.4, 0.5) is 4.39 Å². The predicted molar refractivity (Wildman–Crippen MR) is 92.1 cm³/mol. The zero-order valence-corrected chi connectivity index (χ0v) is 13.4. The van der Waals surface area contributed by atoms with Gasteiger partial charge in [-0.25, -0.2) is 4.39 Å². The summed E-state index contributed by atoms with van der Waals surface area (Å²) in [5, 5.41) is 9.81. The van der Waals surface area contributed by atoms with Crippen molar-refractivity contribution in [3.8, 4) is 5.75 Å². The summed E-state index contributed by atoms with van der Waals surface area (Å²) >= 11 is 0. The van der Waals surface area contributed by atoms with E-state index in [2.05, 4.69) is 9.89 Å². The largest absolute Gasteiger partial charge is 0.507 e. The van der Waals surface area contributed by atoms with Crippen LogP contribution in [0.15, 0.2) is 53.5 Å². The molecule has 0 amide bonds. The highest BCUT2D eigenvalue weighted by Crippen LogP contribution is 2.23. The second kappa shape index (κ2) is 8.04. The van der Waals surface area contributed by atoms with E-state index >= 15 is 0 Å². The highest BCUT2D eigenvalue weighted by molar-refractivity contribution is 5.83. The van der Waals surface area contributed by atoms with E-state index in [0.29, 0.717) is 25.3 Å². The van der Waals surface area contributed by atoms with Crippen molar-refractivity contribution >= 4 is 6.21 Å². The Morgan fingerprint density at radius 2 is 1.83 bits per heavy atom. The summed E-state index contributed by atoms with van der Waals surface area (Å²) in [4.78, 5) is 6.82. The molecule has 0 unspecified atom stereocenters. The molecule has 1 N–H and O–H groups in total. The van der Waals surface area contributed by atoms with E-state index in [4.69, 9.17) is 4.74 Å². The Morgan fingerprint density at radius 1 is 1.12 bits per heavy atom. The summed E-state index contributed by atoms with van der Waals surface area (Å²) in [5.41, 5.74) is 1.73. The summed E-state index contributed by atoms with van der Waals surface area (Å²) in [5.74, 6) is -0.0249. The van der Waals surface area contributed by atoms with E-state index in [-0.39, 0.29) is 17.6 Å². The van der Waals surface area contributed by atoms with Crippen molar-refractivity contribution in [2.45, 2.75) is 6.04 Å². The molecule has 0 saturated carbocycles. The minimum atomic E-state index is -0.239. The van der Waals surface area contributed by atoms with Crippen LogP contribution in [0, 0.1) is 5.82 Å². The number of halogens is 1. The molecule has 5 heteroatoms. The van der Waals surface area contributed by atoms with Crippen molar-refractivity contribution in [3.63, 3.8) is 0 Å². The smallest absolute Gasteiger partial charge is 0.124 e. The van der Waals surface area contributed by atoms with Gasteiger partial charge in [0.1, 0.15) is 11.6 Å². The van der Waals surface area contributed by atoms with Crippen LogP contribution in [0.25, 0.3) is 0 Å². The maximum atomic E-state index is 13.2. The number of morpholine rings is 1. The normalized spacial score (nSPS) is 17.2. The number of hydrogen-bond acceptors (Lipinski definition) is 4. The molecular formula is C19H21FN2O2. The summed E-state index contributed by atoms with van der Waals surface area (Å²) in [6.07, 6.45) is 1.69. The van der Waals surface area contributed by atoms with E-state index in [1.807, 2.05) is 24.3 Å². The Bertz CT molecular complexity index is 682. The molecule has 4 nitrogen and oxygen atoms in total. The van der Waals surface area contributed by atoms with Gasteiger partial charge >= 0.3 is 0 Å². The SMILES string of the molecule is Oc1ccccc1C=NC[C@H](c1ccc(F)cc1)N1CCOCC1. The molecular weight excluding hydrogens is 307 g/mol. The van der Waals surface area contributed by atoms with Crippen molar-refractivity contribution in [3.05, 3.63) is 65.5 Å². The summed E-state index contributed by atoms with van der Waals surface area (Å²) in [6, 6.07) is 13.8. The molecule has 1 saturated heterocycles. The Balaban J connectivity index is 1.76. The first kappa shape index (κ1) is 16.6. The Kier molecular flexibility index (Phi) is 5.56. The van der Waals surface area contributed by atoms with Gasteiger partial charge in [-0.05, 0) is 29.8 Å². The van der Waals surface area contributed by atoms with Crippen LogP contribution in [0.3, 0.4) is 0 Å². The number of para-hydroxylation sites is 1. The molecule has 2 aromatic carbocycles. The van der Waals surface area contributed by atoms with Gasteiger partial charge in [-0.2, -0.15) is 0 Å². The number of hydrogen-bond donors (Lipinski definition) is 1. The second-order valence-electron chi connectivity index (χ2n) is 5.77. The quantitative estimate of drug-likeness (QED) is 0.858. The Labute approximate surface area is 141 Å². The molecule has 1 heterocycles. The molecule has 0 aromatic heterocycles. The average molecular weight is 328 g/mol. The molecule has 24 heavy (non-hydrogen) atoms. The summed E-state index contributed by atoms with van der Waals surface area (Å²) in [7, 11) is 0. The molecule has 1 aliphatic heterocycles. The van der Waals surface area contributed by atoms with Crippen molar-refractivity contribution in [1.82, 2.24) is 4.90 Å². The van der Waals surface area contributed by atoms with E-state index < -0.39 is 0 Å². The van der Waals surface area contributed by atoms with Gasteiger partial charge < -0.3 is 9.84 Å². The molecule has 0 spiro atoms. The first-order valence-electron chi connectivity index (χ1n) is 8.09. The lowest BCUT2D eigenvalue weighted by molar-refractivity contribution is 0.0180. The van der Waals surface area contributed by atoms with E-state index in [1.54, 1.807) is 18.3 Å². The standard InChI is InChI=1S/C19H21FN2O2/c20-17-7-5-15(6-8-17)18(22-9-11-24-12-10-22)14-21-13-16-3-1-2-4-19(16)23/h1-8,13,18,23H,9-12,14H2/t18-/m1/s1. The fourth-order valence-electron chi connectivity index (χ4n) is 2.85. The molecule has 1 fully saturated rings. The number of phenols is 1. The fourth-order valence-corrected chi connectivity index (χ4v) is 2.85. The lowest BCUT2D eigenvalue weighted by atomic mass is 10.0. The third kappa shape index (κ3) is 4.19. The first-order chi connectivity index (χ1) is 11.7. The van der Waals surface area contributed by atoms with Gasteiger partial charge in [-0.1, -0.05) is 24.3 Å². The van der Waals surface area contributed by atoms with Gasteiger partial charge in [0.15, 0.2) is 0 Å². The molecule has 1 atom stereocenters. The Morgan fingerprint density at radius 3 is 2.54 bits per heavy atom. The average Bonchev–Trinajstić information content (AvgIpc) is 2.62. The van der Waals surface area contributed by atoms with Gasteiger partial charge in [-0.15, -0.1) is 0 Å². The zero-order valence-electron chi connectivity index (χ0n) is 13.4. The van der Waals surface area contributed by atoms with Crippen molar-refractivity contribution in [2.24, 2.45) is 4.99 Å². The molecule has 0 bridgehead atoms. The van der Waals surface area contributed by atoms with Crippen LogP contribution in [-0.4, -0.2) is 49.1 Å². The Hall–Kier alpha value is -2.24. The lowest BCUT2D eigenvalue weighted by Gasteiger charge is -2.34. The van der Waals surface area contributed by atoms with Crippen LogP contribution in [0.2, 0.25) is 0 Å². The van der Waals surface area contributed by atoms with Crippen LogP contribution >= 0.6 is 0 Å². The number of nitrogens with zero attached hydrogens (tertiary/aromatic N) is 2. The molecule has 3 rings (SSSR count). The van der Waals surface area contributed by atoms with Crippen LogP contribution < -0.4 is 0 Å². The number of aliphatic imine (C=N–C) groups is 1. The molecule has 1 aliphatic rings. The van der Waals surface area contributed by atoms with Crippen molar-refractivity contribution in [1.29, 1.82) is 0 Å². The van der Waals surface area contributed by atoms with Crippen molar-refractivity contribution < 1.29 is 14.2 Å². The number of ether oxygens (including phenoxy) is 1. The monoisotopic (exact) mass is 328 g/mol. The summed E-state index contributed by atoms with van der Waals surface area (Å²) < 4.78 is 18.6. The van der Waals surface area contributed by atoms with Gasteiger partial charge in [0.2, 0.25) is 0 Å². The minimum Gasteiger partial charge on any atom is -0.507 e. The third-order valence-corrected chi connectivity index (χ3v) is 4.19. The predicted octanol–water partition coefficient (Wildman–Crippen LogP) is 3.02. The molecule has 2 aromatic rings. The zero-order chi connectivity index (χ0) is 16.8. The molecule has 0 radical (unpaired) electrons. The van der Waals surface area contributed by atoms with Gasteiger partial charge in [0.25, 0.3) is 0 Å². The molecule has 0 aliphatic carbocycles. The van der Waals surface area contributed by atoms with E-state index in [0.717, 1.165) is 18.7 Å². The number of aromatic hydroxyl groups is 1. The topological polar surface area (TPSA) is 45.1 Å². The first-order valence-corrected chi connectivity index (χ1v) is 8.09. The maximum Gasteiger partial charge on any atom is 0.124 e.